The van der Waals surface area contributed by atoms with Gasteiger partial charge in [0.2, 0.25) is 0 Å². The molecule has 0 amide bonds. The van der Waals surface area contributed by atoms with Gasteiger partial charge in [0.1, 0.15) is 17.3 Å². The number of amidine groups is 1. The summed E-state index contributed by atoms with van der Waals surface area (Å²) in [5, 5.41) is 17.7. The molecule has 0 fully saturated rings. The van der Waals surface area contributed by atoms with Gasteiger partial charge < -0.3 is 10.5 Å². The molecule has 8 heteroatoms. The first-order valence-electron chi connectivity index (χ1n) is 5.39. The smallest absolute Gasteiger partial charge is 0.272 e. The number of nitrogens with zero attached hydrogens (tertiary/aromatic N) is 2. The Hall–Kier alpha value is -3.03. The van der Waals surface area contributed by atoms with Crippen molar-refractivity contribution in [2.75, 3.05) is 0 Å². The highest BCUT2D eigenvalue weighted by Crippen LogP contribution is 2.27. The number of nitrogens with one attached hydrogen (secondary N) is 1. The third-order valence-electron chi connectivity index (χ3n) is 2.36. The van der Waals surface area contributed by atoms with Gasteiger partial charge in [-0.25, -0.2) is 4.39 Å². The fraction of sp³-hybridized carbons (Fsp3) is 0. The molecule has 0 saturated carbocycles. The first-order valence-corrected chi connectivity index (χ1v) is 5.39. The second-order valence-electron chi connectivity index (χ2n) is 3.76. The molecule has 1 aromatic heterocycles. The van der Waals surface area contributed by atoms with E-state index in [0.29, 0.717) is 0 Å². The Morgan fingerprint density at radius 3 is 2.75 bits per heavy atom. The van der Waals surface area contributed by atoms with Crippen LogP contribution in [0.2, 0.25) is 0 Å². The van der Waals surface area contributed by atoms with Crippen LogP contribution in [0.5, 0.6) is 11.5 Å². The van der Waals surface area contributed by atoms with Crippen LogP contribution in [0.15, 0.2) is 36.5 Å². The van der Waals surface area contributed by atoms with E-state index in [9.17, 15) is 14.5 Å². The number of pyridine rings is 1. The van der Waals surface area contributed by atoms with Crippen molar-refractivity contribution >= 4 is 11.5 Å². The normalized spacial score (nSPS) is 10.1. The van der Waals surface area contributed by atoms with E-state index >= 15 is 0 Å². The molecule has 0 unspecified atom stereocenters. The Morgan fingerprint density at radius 1 is 1.40 bits per heavy atom. The largest absolute Gasteiger partial charge is 0.454 e. The lowest BCUT2D eigenvalue weighted by Crippen LogP contribution is -2.12. The van der Waals surface area contributed by atoms with Crippen molar-refractivity contribution in [2.24, 2.45) is 5.73 Å². The third-order valence-corrected chi connectivity index (χ3v) is 2.36. The average Bonchev–Trinajstić information content (AvgIpc) is 2.41. The van der Waals surface area contributed by atoms with Crippen molar-refractivity contribution in [2.45, 2.75) is 0 Å². The number of nitro groups is 1. The Kier molecular flexibility index (Phi) is 3.56. The molecule has 102 valence electrons. The minimum Gasteiger partial charge on any atom is -0.454 e. The van der Waals surface area contributed by atoms with Crippen LogP contribution in [0.25, 0.3) is 0 Å². The molecule has 0 aliphatic carbocycles. The van der Waals surface area contributed by atoms with Gasteiger partial charge >= 0.3 is 0 Å². The molecule has 2 aromatic rings. The standard InChI is InChI=1S/C12H9FN4O3/c13-9-5-7(17(18)19)1-2-11(9)20-8-3-4-16-10(6-8)12(14)15/h1-6H,(H3,14,15). The van der Waals surface area contributed by atoms with Crippen molar-refractivity contribution in [3.05, 3.63) is 58.2 Å². The number of nitrogen functional groups attached to an aromatic ring is 1. The summed E-state index contributed by atoms with van der Waals surface area (Å²) in [6.07, 6.45) is 1.36. The summed E-state index contributed by atoms with van der Waals surface area (Å²) >= 11 is 0. The van der Waals surface area contributed by atoms with E-state index in [2.05, 4.69) is 4.98 Å². The SMILES string of the molecule is N=C(N)c1cc(Oc2ccc([N+](=O)[O-])cc2F)ccn1. The lowest BCUT2D eigenvalue weighted by molar-refractivity contribution is -0.385. The molecule has 20 heavy (non-hydrogen) atoms. The maximum Gasteiger partial charge on any atom is 0.272 e. The van der Waals surface area contributed by atoms with Crippen LogP contribution in [0.4, 0.5) is 10.1 Å². The second-order valence-corrected chi connectivity index (χ2v) is 3.76. The third kappa shape index (κ3) is 2.86. The monoisotopic (exact) mass is 276 g/mol. The number of hydrogen-bond acceptors (Lipinski definition) is 5. The Labute approximate surface area is 112 Å². The van der Waals surface area contributed by atoms with Crippen molar-refractivity contribution in [3.8, 4) is 11.5 Å². The van der Waals surface area contributed by atoms with Crippen molar-refractivity contribution in [3.63, 3.8) is 0 Å². The van der Waals surface area contributed by atoms with Gasteiger partial charge in [0.25, 0.3) is 5.69 Å². The Morgan fingerprint density at radius 2 is 2.15 bits per heavy atom. The molecular weight excluding hydrogens is 267 g/mol. The molecule has 0 spiro atoms. The van der Waals surface area contributed by atoms with Gasteiger partial charge in [-0.2, -0.15) is 0 Å². The lowest BCUT2D eigenvalue weighted by atomic mass is 10.3. The summed E-state index contributed by atoms with van der Waals surface area (Å²) in [6.45, 7) is 0. The molecule has 0 aliphatic rings. The number of hydrogen-bond donors (Lipinski definition) is 2. The number of aromatic nitrogens is 1. The maximum absolute atomic E-state index is 13.6. The highest BCUT2D eigenvalue weighted by Gasteiger charge is 2.12. The zero-order valence-corrected chi connectivity index (χ0v) is 10.0. The van der Waals surface area contributed by atoms with E-state index in [1.165, 1.54) is 18.3 Å². The van der Waals surface area contributed by atoms with Gasteiger partial charge in [0.15, 0.2) is 11.6 Å². The number of nitrogens with two attached hydrogens (primary N) is 1. The van der Waals surface area contributed by atoms with E-state index in [-0.39, 0.29) is 28.7 Å². The zero-order valence-electron chi connectivity index (χ0n) is 10.0. The Bertz CT molecular complexity index is 690. The first-order chi connectivity index (χ1) is 9.47. The topological polar surface area (TPSA) is 115 Å². The van der Waals surface area contributed by atoms with Gasteiger partial charge in [-0.15, -0.1) is 0 Å². The molecule has 0 atom stereocenters. The van der Waals surface area contributed by atoms with Crippen LogP contribution < -0.4 is 10.5 Å². The van der Waals surface area contributed by atoms with E-state index in [1.807, 2.05) is 0 Å². The summed E-state index contributed by atoms with van der Waals surface area (Å²) in [7, 11) is 0. The van der Waals surface area contributed by atoms with Gasteiger partial charge in [-0.05, 0) is 12.1 Å². The van der Waals surface area contributed by atoms with E-state index in [0.717, 1.165) is 18.2 Å². The fourth-order valence-electron chi connectivity index (χ4n) is 1.43. The zero-order chi connectivity index (χ0) is 14.7. The van der Waals surface area contributed by atoms with Gasteiger partial charge in [-0.1, -0.05) is 0 Å². The van der Waals surface area contributed by atoms with Crippen LogP contribution in [0, 0.1) is 21.3 Å². The molecule has 1 aromatic carbocycles. The lowest BCUT2D eigenvalue weighted by Gasteiger charge is -2.07. The molecule has 2 rings (SSSR count). The number of nitro benzene ring substituents is 1. The summed E-state index contributed by atoms with van der Waals surface area (Å²) in [5.41, 5.74) is 5.09. The number of halogens is 1. The summed E-state index contributed by atoms with van der Waals surface area (Å²) < 4.78 is 18.9. The Balaban J connectivity index is 2.28. The number of non-ortho nitro benzene ring substituents is 1. The summed E-state index contributed by atoms with van der Waals surface area (Å²) in [6, 6.07) is 5.87. The molecule has 0 saturated heterocycles. The van der Waals surface area contributed by atoms with Gasteiger partial charge in [0.05, 0.1) is 11.0 Å². The highest BCUT2D eigenvalue weighted by molar-refractivity contribution is 5.93. The number of ether oxygens (including phenoxy) is 1. The highest BCUT2D eigenvalue weighted by atomic mass is 19.1. The molecule has 7 nitrogen and oxygen atoms in total. The first kappa shape index (κ1) is 13.4. The van der Waals surface area contributed by atoms with Crippen LogP contribution in [0.3, 0.4) is 0 Å². The van der Waals surface area contributed by atoms with E-state index in [4.69, 9.17) is 15.9 Å². The molecule has 0 bridgehead atoms. The average molecular weight is 276 g/mol. The second kappa shape index (κ2) is 5.31. The quantitative estimate of drug-likeness (QED) is 0.384. The predicted octanol–water partition coefficient (Wildman–Crippen LogP) is 2.21. The number of benzene rings is 1. The van der Waals surface area contributed by atoms with Crippen molar-refractivity contribution in [1.82, 2.24) is 4.98 Å². The fourth-order valence-corrected chi connectivity index (χ4v) is 1.43. The summed E-state index contributed by atoms with van der Waals surface area (Å²) in [4.78, 5) is 13.6. The molecular formula is C12H9FN4O3. The summed E-state index contributed by atoms with van der Waals surface area (Å²) in [5.74, 6) is -1.06. The minimum absolute atomic E-state index is 0.170. The van der Waals surface area contributed by atoms with Crippen LogP contribution in [-0.4, -0.2) is 15.7 Å². The number of rotatable bonds is 4. The molecule has 0 radical (unpaired) electrons. The molecule has 1 heterocycles. The molecule has 3 N–H and O–H groups in total. The van der Waals surface area contributed by atoms with Crippen molar-refractivity contribution in [1.29, 1.82) is 5.41 Å². The van der Waals surface area contributed by atoms with Crippen LogP contribution in [-0.2, 0) is 0 Å². The maximum atomic E-state index is 13.6. The van der Waals surface area contributed by atoms with Gasteiger partial charge in [-0.3, -0.25) is 20.5 Å². The predicted molar refractivity (Wildman–Crippen MR) is 68.4 cm³/mol. The van der Waals surface area contributed by atoms with Crippen LogP contribution in [0.1, 0.15) is 5.69 Å². The van der Waals surface area contributed by atoms with E-state index < -0.39 is 10.7 Å². The van der Waals surface area contributed by atoms with Gasteiger partial charge in [0, 0.05) is 18.3 Å². The van der Waals surface area contributed by atoms with Crippen LogP contribution >= 0.6 is 0 Å². The van der Waals surface area contributed by atoms with E-state index in [1.54, 1.807) is 0 Å². The minimum atomic E-state index is -0.861. The molecule has 0 aliphatic heterocycles. The van der Waals surface area contributed by atoms with Crippen molar-refractivity contribution < 1.29 is 14.1 Å².